The highest BCUT2D eigenvalue weighted by Gasteiger charge is 2.05. The Morgan fingerprint density at radius 3 is 2.56 bits per heavy atom. The number of methoxy groups -OCH3 is 1. The Kier molecular flexibility index (Phi) is 5.73. The second-order valence-electron chi connectivity index (χ2n) is 5.63. The van der Waals surface area contributed by atoms with Gasteiger partial charge in [-0.25, -0.2) is 4.98 Å². The van der Waals surface area contributed by atoms with E-state index in [1.165, 1.54) is 6.92 Å². The number of nitrogens with one attached hydrogen (secondary N) is 3. The first kappa shape index (κ1) is 18.5. The van der Waals surface area contributed by atoms with E-state index in [9.17, 15) is 4.79 Å². The minimum atomic E-state index is -0.132. The van der Waals surface area contributed by atoms with Crippen LogP contribution in [0.5, 0.6) is 5.75 Å². The number of carbonyl (C=O) groups is 1. The highest BCUT2D eigenvalue weighted by atomic mass is 35.5. The van der Waals surface area contributed by atoms with Crippen molar-refractivity contribution in [2.24, 2.45) is 0 Å². The second-order valence-corrected chi connectivity index (χ2v) is 6.03. The summed E-state index contributed by atoms with van der Waals surface area (Å²) < 4.78 is 5.15. The van der Waals surface area contributed by atoms with Crippen molar-refractivity contribution in [3.05, 3.63) is 59.8 Å². The number of hydrogen-bond donors (Lipinski definition) is 3. The normalized spacial score (nSPS) is 10.2. The van der Waals surface area contributed by atoms with Crippen molar-refractivity contribution >= 4 is 46.3 Å². The van der Waals surface area contributed by atoms with Gasteiger partial charge in [0, 0.05) is 30.2 Å². The molecule has 138 valence electrons. The average Bonchev–Trinajstić information content (AvgIpc) is 2.62. The second kappa shape index (κ2) is 8.37. The van der Waals surface area contributed by atoms with Gasteiger partial charge in [-0.05, 0) is 42.5 Å². The van der Waals surface area contributed by atoms with E-state index in [0.717, 1.165) is 11.4 Å². The minimum Gasteiger partial charge on any atom is -0.495 e. The van der Waals surface area contributed by atoms with Crippen LogP contribution < -0.4 is 20.7 Å². The molecule has 7 nitrogen and oxygen atoms in total. The summed E-state index contributed by atoms with van der Waals surface area (Å²) in [5, 5.41) is 9.52. The van der Waals surface area contributed by atoms with E-state index in [4.69, 9.17) is 16.3 Å². The standard InChI is InChI=1S/C19H18ClN5O2/c1-12(26)22-13-4-3-5-14(10-13)24-19-21-9-8-18(25-19)23-15-6-7-17(27-2)16(20)11-15/h3-11H,1-2H3,(H,22,26)(H2,21,23,24,25). The van der Waals surface area contributed by atoms with E-state index in [1.54, 1.807) is 43.6 Å². The maximum absolute atomic E-state index is 11.2. The maximum atomic E-state index is 11.2. The van der Waals surface area contributed by atoms with Crippen LogP contribution in [0.2, 0.25) is 5.02 Å². The molecule has 0 unspecified atom stereocenters. The van der Waals surface area contributed by atoms with Gasteiger partial charge in [0.15, 0.2) is 0 Å². The zero-order chi connectivity index (χ0) is 19.2. The molecule has 0 bridgehead atoms. The highest BCUT2D eigenvalue weighted by Crippen LogP contribution is 2.28. The molecule has 3 rings (SSSR count). The Balaban J connectivity index is 1.74. The lowest BCUT2D eigenvalue weighted by molar-refractivity contribution is -0.114. The summed E-state index contributed by atoms with van der Waals surface area (Å²) in [5.74, 6) is 1.49. The lowest BCUT2D eigenvalue weighted by Crippen LogP contribution is -2.06. The smallest absolute Gasteiger partial charge is 0.229 e. The number of nitrogens with zero attached hydrogens (tertiary/aromatic N) is 2. The number of hydrogen-bond acceptors (Lipinski definition) is 6. The molecule has 0 saturated carbocycles. The molecule has 0 aliphatic heterocycles. The van der Waals surface area contributed by atoms with Crippen LogP contribution in [0.25, 0.3) is 0 Å². The van der Waals surface area contributed by atoms with Gasteiger partial charge in [0.2, 0.25) is 11.9 Å². The molecule has 2 aromatic carbocycles. The fourth-order valence-electron chi connectivity index (χ4n) is 2.39. The van der Waals surface area contributed by atoms with Crippen LogP contribution in [0.4, 0.5) is 28.8 Å². The van der Waals surface area contributed by atoms with Gasteiger partial charge < -0.3 is 20.7 Å². The van der Waals surface area contributed by atoms with E-state index in [-0.39, 0.29) is 5.91 Å². The summed E-state index contributed by atoms with van der Waals surface area (Å²) in [6, 6.07) is 14.4. The average molecular weight is 384 g/mol. The quantitative estimate of drug-likeness (QED) is 0.577. The first-order valence-electron chi connectivity index (χ1n) is 8.12. The zero-order valence-corrected chi connectivity index (χ0v) is 15.5. The Bertz CT molecular complexity index is 964. The third-order valence-corrected chi connectivity index (χ3v) is 3.81. The van der Waals surface area contributed by atoms with Crippen molar-refractivity contribution in [2.75, 3.05) is 23.1 Å². The zero-order valence-electron chi connectivity index (χ0n) is 14.8. The van der Waals surface area contributed by atoms with Gasteiger partial charge in [0.25, 0.3) is 0 Å². The van der Waals surface area contributed by atoms with Gasteiger partial charge in [-0.2, -0.15) is 4.98 Å². The molecule has 0 radical (unpaired) electrons. The van der Waals surface area contributed by atoms with E-state index in [1.807, 2.05) is 18.2 Å². The molecule has 27 heavy (non-hydrogen) atoms. The Labute approximate surface area is 161 Å². The minimum absolute atomic E-state index is 0.132. The van der Waals surface area contributed by atoms with E-state index in [0.29, 0.717) is 28.2 Å². The fraction of sp³-hybridized carbons (Fsp3) is 0.105. The van der Waals surface area contributed by atoms with Crippen LogP contribution in [0.3, 0.4) is 0 Å². The molecule has 0 saturated heterocycles. The van der Waals surface area contributed by atoms with E-state index < -0.39 is 0 Å². The van der Waals surface area contributed by atoms with Crippen molar-refractivity contribution in [1.29, 1.82) is 0 Å². The Hall–Kier alpha value is -3.32. The SMILES string of the molecule is COc1ccc(Nc2ccnc(Nc3cccc(NC(C)=O)c3)n2)cc1Cl. The van der Waals surface area contributed by atoms with Crippen LogP contribution in [0.15, 0.2) is 54.7 Å². The topological polar surface area (TPSA) is 88.2 Å². The Morgan fingerprint density at radius 2 is 1.81 bits per heavy atom. The van der Waals surface area contributed by atoms with Crippen LogP contribution in [-0.4, -0.2) is 23.0 Å². The molecule has 0 fully saturated rings. The van der Waals surface area contributed by atoms with Crippen LogP contribution in [0.1, 0.15) is 6.92 Å². The molecule has 3 N–H and O–H groups in total. The van der Waals surface area contributed by atoms with Gasteiger partial charge >= 0.3 is 0 Å². The molecule has 1 aromatic heterocycles. The lowest BCUT2D eigenvalue weighted by atomic mass is 10.2. The number of anilines is 5. The number of ether oxygens (including phenoxy) is 1. The number of benzene rings is 2. The van der Waals surface area contributed by atoms with Gasteiger partial charge in [-0.1, -0.05) is 17.7 Å². The monoisotopic (exact) mass is 383 g/mol. The summed E-state index contributed by atoms with van der Waals surface area (Å²) >= 11 is 6.15. The summed E-state index contributed by atoms with van der Waals surface area (Å²) in [6.45, 7) is 1.46. The molecular formula is C19H18ClN5O2. The number of amides is 1. The van der Waals surface area contributed by atoms with Gasteiger partial charge in [0.05, 0.1) is 12.1 Å². The summed E-state index contributed by atoms with van der Waals surface area (Å²) in [4.78, 5) is 19.8. The molecule has 0 atom stereocenters. The van der Waals surface area contributed by atoms with Crippen LogP contribution in [-0.2, 0) is 4.79 Å². The molecule has 1 amide bonds. The number of halogens is 1. The van der Waals surface area contributed by atoms with Crippen molar-refractivity contribution in [2.45, 2.75) is 6.92 Å². The first-order chi connectivity index (χ1) is 13.0. The van der Waals surface area contributed by atoms with E-state index >= 15 is 0 Å². The molecule has 3 aromatic rings. The number of aromatic nitrogens is 2. The van der Waals surface area contributed by atoms with Crippen molar-refractivity contribution in [3.63, 3.8) is 0 Å². The lowest BCUT2D eigenvalue weighted by Gasteiger charge is -2.10. The summed E-state index contributed by atoms with van der Waals surface area (Å²) in [7, 11) is 1.57. The van der Waals surface area contributed by atoms with Crippen molar-refractivity contribution in [1.82, 2.24) is 9.97 Å². The third-order valence-electron chi connectivity index (χ3n) is 3.52. The molecule has 0 aliphatic carbocycles. The maximum Gasteiger partial charge on any atom is 0.229 e. The third kappa shape index (κ3) is 5.08. The number of carbonyl (C=O) groups excluding carboxylic acids is 1. The first-order valence-corrected chi connectivity index (χ1v) is 8.49. The van der Waals surface area contributed by atoms with Crippen LogP contribution >= 0.6 is 11.6 Å². The molecule has 1 heterocycles. The van der Waals surface area contributed by atoms with Crippen molar-refractivity contribution in [3.8, 4) is 5.75 Å². The number of rotatable bonds is 6. The van der Waals surface area contributed by atoms with Gasteiger partial charge in [-0.3, -0.25) is 4.79 Å². The highest BCUT2D eigenvalue weighted by molar-refractivity contribution is 6.32. The van der Waals surface area contributed by atoms with Gasteiger partial charge in [-0.15, -0.1) is 0 Å². The molecule has 0 spiro atoms. The van der Waals surface area contributed by atoms with Gasteiger partial charge in [0.1, 0.15) is 11.6 Å². The summed E-state index contributed by atoms with van der Waals surface area (Å²) in [5.41, 5.74) is 2.22. The summed E-state index contributed by atoms with van der Waals surface area (Å²) in [6.07, 6.45) is 1.64. The van der Waals surface area contributed by atoms with Crippen LogP contribution in [0, 0.1) is 0 Å². The molecular weight excluding hydrogens is 366 g/mol. The largest absolute Gasteiger partial charge is 0.495 e. The fourth-order valence-corrected chi connectivity index (χ4v) is 2.65. The predicted molar refractivity (Wildman–Crippen MR) is 107 cm³/mol. The van der Waals surface area contributed by atoms with Crippen molar-refractivity contribution < 1.29 is 9.53 Å². The predicted octanol–water partition coefficient (Wildman–Crippen LogP) is 4.58. The molecule has 0 aliphatic rings. The van der Waals surface area contributed by atoms with E-state index in [2.05, 4.69) is 25.9 Å². The molecule has 8 heteroatoms. The Morgan fingerprint density at radius 1 is 1.04 bits per heavy atom.